The summed E-state index contributed by atoms with van der Waals surface area (Å²) in [6, 6.07) is 0. The molecule has 0 fully saturated rings. The van der Waals surface area contributed by atoms with Crippen LogP contribution in [0.25, 0.3) is 0 Å². The molecule has 0 atom stereocenters. The van der Waals surface area contributed by atoms with Crippen molar-refractivity contribution in [1.29, 1.82) is 0 Å². The van der Waals surface area contributed by atoms with Gasteiger partial charge in [-0.3, -0.25) is 4.79 Å². The lowest BCUT2D eigenvalue weighted by atomic mass is 10.0. The van der Waals surface area contributed by atoms with Crippen molar-refractivity contribution in [3.63, 3.8) is 0 Å². The van der Waals surface area contributed by atoms with E-state index >= 15 is 0 Å². The topological polar surface area (TPSA) is 46.3 Å². The Morgan fingerprint density at radius 2 is 0.964 bits per heavy atom. The van der Waals surface area contributed by atoms with Crippen LogP contribution in [-0.4, -0.2) is 30.4 Å². The number of unbranched alkanes of at least 4 members (excludes halogenated alkanes) is 15. The summed E-state index contributed by atoms with van der Waals surface area (Å²) >= 11 is 0. The number of nitrogens with two attached hydrogens (primary N) is 1. The third-order valence-corrected chi connectivity index (χ3v) is 5.76. The van der Waals surface area contributed by atoms with Gasteiger partial charge >= 0.3 is 0 Å². The van der Waals surface area contributed by atoms with Gasteiger partial charge < -0.3 is 10.6 Å². The second kappa shape index (κ2) is 22.7. The highest BCUT2D eigenvalue weighted by molar-refractivity contribution is 5.76. The first-order valence-electron chi connectivity index (χ1n) is 12.7. The number of hydrogen-bond acceptors (Lipinski definition) is 2. The molecule has 3 nitrogen and oxygen atoms in total. The van der Waals surface area contributed by atoms with Gasteiger partial charge in [-0.25, -0.2) is 0 Å². The number of nitrogens with zero attached hydrogens (tertiary/aromatic N) is 1. The maximum absolute atomic E-state index is 12.4. The van der Waals surface area contributed by atoms with E-state index in [9.17, 15) is 4.79 Å². The first-order chi connectivity index (χ1) is 13.8. The van der Waals surface area contributed by atoms with Crippen LogP contribution in [0.5, 0.6) is 0 Å². The van der Waals surface area contributed by atoms with Gasteiger partial charge in [0, 0.05) is 19.5 Å². The highest BCUT2D eigenvalue weighted by atomic mass is 16.2. The van der Waals surface area contributed by atoms with Crippen molar-refractivity contribution in [2.75, 3.05) is 19.6 Å². The van der Waals surface area contributed by atoms with Crippen molar-refractivity contribution in [2.24, 2.45) is 5.73 Å². The molecule has 2 N–H and O–H groups in total. The van der Waals surface area contributed by atoms with Crippen molar-refractivity contribution in [3.05, 3.63) is 0 Å². The Labute approximate surface area is 177 Å². The molecule has 168 valence electrons. The molecule has 0 heterocycles. The van der Waals surface area contributed by atoms with E-state index in [0.29, 0.717) is 12.5 Å². The number of carbonyl (C=O) groups excluding carboxylic acids is 1. The zero-order valence-corrected chi connectivity index (χ0v) is 19.5. The maximum atomic E-state index is 12.4. The van der Waals surface area contributed by atoms with Gasteiger partial charge in [-0.2, -0.15) is 0 Å². The van der Waals surface area contributed by atoms with E-state index in [1.807, 2.05) is 0 Å². The summed E-state index contributed by atoms with van der Waals surface area (Å²) < 4.78 is 0. The first kappa shape index (κ1) is 27.4. The van der Waals surface area contributed by atoms with Crippen LogP contribution in [-0.2, 0) is 4.79 Å². The Bertz CT molecular complexity index is 320. The highest BCUT2D eigenvalue weighted by Gasteiger charge is 2.11. The molecule has 3 heteroatoms. The lowest BCUT2D eigenvalue weighted by molar-refractivity contribution is -0.131. The minimum atomic E-state index is 0.344. The molecule has 1 amide bonds. The van der Waals surface area contributed by atoms with E-state index in [1.165, 1.54) is 89.9 Å². The molecular formula is C25H52N2O. The predicted octanol–water partition coefficient (Wildman–Crippen LogP) is 7.23. The Balaban J connectivity index is 3.54. The molecule has 0 aromatic carbocycles. The van der Waals surface area contributed by atoms with Gasteiger partial charge in [-0.1, -0.05) is 110 Å². The summed E-state index contributed by atoms with van der Waals surface area (Å²) in [4.78, 5) is 14.4. The fourth-order valence-corrected chi connectivity index (χ4v) is 3.82. The van der Waals surface area contributed by atoms with Gasteiger partial charge in [0.2, 0.25) is 5.91 Å². The molecule has 0 bridgehead atoms. The molecule has 28 heavy (non-hydrogen) atoms. The zero-order valence-electron chi connectivity index (χ0n) is 19.5. The van der Waals surface area contributed by atoms with Gasteiger partial charge in [-0.15, -0.1) is 0 Å². The van der Waals surface area contributed by atoms with Crippen LogP contribution in [0.4, 0.5) is 0 Å². The predicted molar refractivity (Wildman–Crippen MR) is 125 cm³/mol. The molecular weight excluding hydrogens is 344 g/mol. The summed E-state index contributed by atoms with van der Waals surface area (Å²) in [5, 5.41) is 0. The largest absolute Gasteiger partial charge is 0.343 e. The molecule has 0 aliphatic carbocycles. The number of amides is 1. The summed E-state index contributed by atoms with van der Waals surface area (Å²) in [5.74, 6) is 0.344. The summed E-state index contributed by atoms with van der Waals surface area (Å²) in [5.41, 5.74) is 5.64. The summed E-state index contributed by atoms with van der Waals surface area (Å²) in [6.45, 7) is 6.93. The average molecular weight is 397 g/mol. The molecule has 0 unspecified atom stereocenters. The fourth-order valence-electron chi connectivity index (χ4n) is 3.82. The van der Waals surface area contributed by atoms with Gasteiger partial charge in [0.25, 0.3) is 0 Å². The lowest BCUT2D eigenvalue weighted by Gasteiger charge is -2.22. The number of rotatable bonds is 22. The second-order valence-electron chi connectivity index (χ2n) is 8.58. The van der Waals surface area contributed by atoms with Gasteiger partial charge in [0.15, 0.2) is 0 Å². The van der Waals surface area contributed by atoms with E-state index in [4.69, 9.17) is 5.73 Å². The minimum Gasteiger partial charge on any atom is -0.343 e. The van der Waals surface area contributed by atoms with Crippen LogP contribution in [0.2, 0.25) is 0 Å². The second-order valence-corrected chi connectivity index (χ2v) is 8.58. The average Bonchev–Trinajstić information content (AvgIpc) is 2.70. The standard InChI is InChI=1S/C25H52N2O/c1-3-5-7-8-9-10-11-12-13-14-15-16-17-19-23-27(24-20-22-26)25(28)21-18-6-4-2/h3-24,26H2,1-2H3. The van der Waals surface area contributed by atoms with Gasteiger partial charge in [0.05, 0.1) is 0 Å². The molecule has 0 aliphatic rings. The molecule has 0 saturated heterocycles. The van der Waals surface area contributed by atoms with Crippen molar-refractivity contribution in [1.82, 2.24) is 4.90 Å². The molecule has 0 aliphatic heterocycles. The molecule has 0 radical (unpaired) electrons. The molecule has 0 aromatic heterocycles. The summed E-state index contributed by atoms with van der Waals surface area (Å²) in [6.07, 6.45) is 24.3. The van der Waals surface area contributed by atoms with Crippen LogP contribution in [0.3, 0.4) is 0 Å². The highest BCUT2D eigenvalue weighted by Crippen LogP contribution is 2.13. The van der Waals surface area contributed by atoms with E-state index in [0.717, 1.165) is 45.2 Å². The van der Waals surface area contributed by atoms with Gasteiger partial charge in [-0.05, 0) is 25.8 Å². The third-order valence-electron chi connectivity index (χ3n) is 5.76. The van der Waals surface area contributed by atoms with Crippen molar-refractivity contribution in [3.8, 4) is 0 Å². The van der Waals surface area contributed by atoms with E-state index in [-0.39, 0.29) is 0 Å². The summed E-state index contributed by atoms with van der Waals surface area (Å²) in [7, 11) is 0. The Morgan fingerprint density at radius 3 is 1.43 bits per heavy atom. The van der Waals surface area contributed by atoms with Crippen molar-refractivity contribution in [2.45, 2.75) is 136 Å². The molecule has 0 saturated carbocycles. The molecule has 0 rings (SSSR count). The van der Waals surface area contributed by atoms with Gasteiger partial charge in [0.1, 0.15) is 0 Å². The SMILES string of the molecule is CCCCCCCCCCCCCCCCN(CCCN)C(=O)CCCCC. The van der Waals surface area contributed by atoms with Crippen LogP contribution in [0.15, 0.2) is 0 Å². The maximum Gasteiger partial charge on any atom is 0.222 e. The molecule has 0 aromatic rings. The van der Waals surface area contributed by atoms with Crippen LogP contribution in [0, 0.1) is 0 Å². The van der Waals surface area contributed by atoms with Crippen LogP contribution in [0.1, 0.15) is 136 Å². The smallest absolute Gasteiger partial charge is 0.222 e. The third kappa shape index (κ3) is 18.8. The molecule has 0 spiro atoms. The van der Waals surface area contributed by atoms with E-state index in [1.54, 1.807) is 0 Å². The van der Waals surface area contributed by atoms with E-state index < -0.39 is 0 Å². The van der Waals surface area contributed by atoms with E-state index in [2.05, 4.69) is 18.7 Å². The first-order valence-corrected chi connectivity index (χ1v) is 12.7. The Morgan fingerprint density at radius 1 is 0.571 bits per heavy atom. The Kier molecular flexibility index (Phi) is 22.3. The van der Waals surface area contributed by atoms with Crippen LogP contribution >= 0.6 is 0 Å². The normalized spacial score (nSPS) is 11.1. The lowest BCUT2D eigenvalue weighted by Crippen LogP contribution is -2.33. The fraction of sp³-hybridized carbons (Fsp3) is 0.960. The zero-order chi connectivity index (χ0) is 20.7. The van der Waals surface area contributed by atoms with Crippen molar-refractivity contribution < 1.29 is 4.79 Å². The Hall–Kier alpha value is -0.570. The quantitative estimate of drug-likeness (QED) is 0.196. The minimum absolute atomic E-state index is 0.344. The monoisotopic (exact) mass is 396 g/mol. The van der Waals surface area contributed by atoms with Crippen molar-refractivity contribution >= 4 is 5.91 Å². The number of hydrogen-bond donors (Lipinski definition) is 1. The number of carbonyl (C=O) groups is 1. The van der Waals surface area contributed by atoms with Crippen LogP contribution < -0.4 is 5.73 Å².